The maximum Gasteiger partial charge on any atom is 0.123 e. The average Bonchev–Trinajstić information content (AvgIpc) is 3.27. The van der Waals surface area contributed by atoms with E-state index in [9.17, 15) is 4.39 Å². The monoisotopic (exact) mass is 614 g/mol. The quantitative estimate of drug-likeness (QED) is 0.153. The molecule has 0 bridgehead atoms. The van der Waals surface area contributed by atoms with E-state index in [1.165, 1.54) is 66.3 Å². The molecule has 0 amide bonds. The summed E-state index contributed by atoms with van der Waals surface area (Å²) in [5, 5.41) is 3.31. The van der Waals surface area contributed by atoms with Gasteiger partial charge in [0, 0.05) is 25.3 Å². The van der Waals surface area contributed by atoms with Crippen LogP contribution in [0.1, 0.15) is 107 Å². The number of nitrogens with one attached hydrogen (secondary N) is 1. The normalized spacial score (nSPS) is 13.0. The van der Waals surface area contributed by atoms with Crippen LogP contribution in [-0.2, 0) is 25.8 Å². The van der Waals surface area contributed by atoms with Gasteiger partial charge in [-0.1, -0.05) is 96.4 Å². The molecule has 0 fully saturated rings. The van der Waals surface area contributed by atoms with Gasteiger partial charge in [0.15, 0.2) is 0 Å². The number of benzene rings is 3. The van der Waals surface area contributed by atoms with Gasteiger partial charge in [0.1, 0.15) is 11.6 Å². The fourth-order valence-electron chi connectivity index (χ4n) is 6.19. The highest BCUT2D eigenvalue weighted by Crippen LogP contribution is 2.25. The number of hydrogen-bond donors (Lipinski definition) is 1. The molecule has 0 saturated heterocycles. The summed E-state index contributed by atoms with van der Waals surface area (Å²) < 4.78 is 19.3. The average molecular weight is 615 g/mol. The molecule has 45 heavy (non-hydrogen) atoms. The molecule has 1 N–H and O–H groups in total. The predicted molar refractivity (Wildman–Crippen MR) is 191 cm³/mol. The lowest BCUT2D eigenvalue weighted by Gasteiger charge is -2.21. The fraction of sp³-hybridized carbons (Fsp3) is 0.512. The van der Waals surface area contributed by atoms with Crippen molar-refractivity contribution in [3.8, 4) is 5.75 Å². The number of nitrogens with zero attached hydrogens (tertiary/aromatic N) is 1. The van der Waals surface area contributed by atoms with Crippen LogP contribution in [-0.4, -0.2) is 31.1 Å². The maximum atomic E-state index is 13.1. The first-order valence-corrected chi connectivity index (χ1v) is 17.7. The van der Waals surface area contributed by atoms with Gasteiger partial charge in [-0.05, 0) is 116 Å². The maximum absolute atomic E-state index is 13.1. The van der Waals surface area contributed by atoms with Crippen LogP contribution >= 0.6 is 0 Å². The summed E-state index contributed by atoms with van der Waals surface area (Å²) in [7, 11) is 0. The Kier molecular flexibility index (Phi) is 16.8. The Morgan fingerprint density at radius 3 is 2.38 bits per heavy atom. The molecule has 0 spiro atoms. The van der Waals surface area contributed by atoms with E-state index in [0.717, 1.165) is 82.3 Å². The zero-order valence-electron chi connectivity index (χ0n) is 28.7. The van der Waals surface area contributed by atoms with Crippen LogP contribution in [0.4, 0.5) is 4.39 Å². The molecule has 0 saturated carbocycles. The van der Waals surface area contributed by atoms with Gasteiger partial charge in [-0.25, -0.2) is 4.39 Å². The van der Waals surface area contributed by atoms with Crippen LogP contribution in [0.5, 0.6) is 5.75 Å². The van der Waals surface area contributed by atoms with Crippen LogP contribution in [0.3, 0.4) is 0 Å². The van der Waals surface area contributed by atoms with E-state index in [0.29, 0.717) is 0 Å². The molecule has 0 aromatic heterocycles. The highest BCUT2D eigenvalue weighted by atomic mass is 19.1. The highest BCUT2D eigenvalue weighted by Gasteiger charge is 2.15. The SMILES string of the molecule is C=C(NCCC)c1cccc(CC)c1.CCCC(CCC)CCCOc1ccc2c(c1)CN(CCc1ccc(F)cc1)CCC2. The van der Waals surface area contributed by atoms with Crippen molar-refractivity contribution >= 4 is 5.70 Å². The molecule has 3 aromatic rings. The van der Waals surface area contributed by atoms with Gasteiger partial charge in [-0.3, -0.25) is 4.90 Å². The van der Waals surface area contributed by atoms with E-state index in [1.54, 1.807) is 12.1 Å². The lowest BCUT2D eigenvalue weighted by Crippen LogP contribution is -2.25. The summed E-state index contributed by atoms with van der Waals surface area (Å²) in [5.74, 6) is 1.72. The number of rotatable bonds is 17. The molecule has 3 nitrogen and oxygen atoms in total. The third kappa shape index (κ3) is 13.4. The lowest BCUT2D eigenvalue weighted by atomic mass is 9.93. The van der Waals surface area contributed by atoms with Crippen molar-refractivity contribution in [2.24, 2.45) is 5.92 Å². The van der Waals surface area contributed by atoms with Crippen molar-refractivity contribution in [1.82, 2.24) is 10.2 Å². The minimum Gasteiger partial charge on any atom is -0.494 e. The molecular weight excluding hydrogens is 555 g/mol. The minimum atomic E-state index is -0.161. The Morgan fingerprint density at radius 1 is 0.889 bits per heavy atom. The van der Waals surface area contributed by atoms with Crippen LogP contribution < -0.4 is 10.1 Å². The predicted octanol–water partition coefficient (Wildman–Crippen LogP) is 10.4. The minimum absolute atomic E-state index is 0.161. The Labute approximate surface area is 274 Å². The Balaban J connectivity index is 0.000000330. The van der Waals surface area contributed by atoms with Crippen LogP contribution in [0.2, 0.25) is 0 Å². The summed E-state index contributed by atoms with van der Waals surface area (Å²) >= 11 is 0. The van der Waals surface area contributed by atoms with Gasteiger partial charge in [0.05, 0.1) is 6.61 Å². The van der Waals surface area contributed by atoms with Crippen LogP contribution in [0, 0.1) is 11.7 Å². The molecule has 1 aliphatic rings. The topological polar surface area (TPSA) is 24.5 Å². The Morgan fingerprint density at radius 2 is 1.67 bits per heavy atom. The summed E-state index contributed by atoms with van der Waals surface area (Å²) in [6.07, 6.45) is 13.2. The van der Waals surface area contributed by atoms with Crippen LogP contribution in [0.15, 0.2) is 73.3 Å². The van der Waals surface area contributed by atoms with Crippen molar-refractivity contribution in [3.63, 3.8) is 0 Å². The van der Waals surface area contributed by atoms with Crippen molar-refractivity contribution in [3.05, 3.63) is 107 Å². The number of aryl methyl sites for hydroxylation is 2. The molecule has 0 aliphatic carbocycles. The molecular formula is C41H59FN2O. The molecule has 246 valence electrons. The summed E-state index contributed by atoms with van der Waals surface area (Å²) in [6.45, 7) is 17.8. The van der Waals surface area contributed by atoms with E-state index in [-0.39, 0.29) is 5.82 Å². The third-order valence-corrected chi connectivity index (χ3v) is 8.81. The van der Waals surface area contributed by atoms with E-state index in [2.05, 4.69) is 87.0 Å². The summed E-state index contributed by atoms with van der Waals surface area (Å²) in [5.41, 5.74) is 7.67. The molecule has 1 heterocycles. The van der Waals surface area contributed by atoms with E-state index in [1.807, 2.05) is 12.1 Å². The molecule has 0 radical (unpaired) electrons. The van der Waals surface area contributed by atoms with Crippen LogP contribution in [0.25, 0.3) is 5.70 Å². The summed E-state index contributed by atoms with van der Waals surface area (Å²) in [4.78, 5) is 2.53. The van der Waals surface area contributed by atoms with Crippen molar-refractivity contribution in [2.45, 2.75) is 105 Å². The number of halogens is 1. The number of ether oxygens (including phenoxy) is 1. The molecule has 0 atom stereocenters. The van der Waals surface area contributed by atoms with Crippen molar-refractivity contribution < 1.29 is 9.13 Å². The lowest BCUT2D eigenvalue weighted by molar-refractivity contribution is 0.270. The second-order valence-corrected chi connectivity index (χ2v) is 12.6. The van der Waals surface area contributed by atoms with E-state index < -0.39 is 0 Å². The van der Waals surface area contributed by atoms with Gasteiger partial charge in [0.2, 0.25) is 0 Å². The summed E-state index contributed by atoms with van der Waals surface area (Å²) in [6, 6.07) is 22.2. The molecule has 1 aliphatic heterocycles. The molecule has 3 aromatic carbocycles. The first-order chi connectivity index (χ1) is 21.9. The van der Waals surface area contributed by atoms with Gasteiger partial charge < -0.3 is 10.1 Å². The largest absolute Gasteiger partial charge is 0.494 e. The molecule has 4 heteroatoms. The second kappa shape index (κ2) is 20.8. The Hall–Kier alpha value is -3.11. The van der Waals surface area contributed by atoms with Crippen molar-refractivity contribution in [1.29, 1.82) is 0 Å². The van der Waals surface area contributed by atoms with Gasteiger partial charge in [-0.15, -0.1) is 0 Å². The smallest absolute Gasteiger partial charge is 0.123 e. The first-order valence-electron chi connectivity index (χ1n) is 17.7. The fourth-order valence-corrected chi connectivity index (χ4v) is 6.19. The van der Waals surface area contributed by atoms with E-state index in [4.69, 9.17) is 4.74 Å². The Bertz CT molecular complexity index is 1250. The molecule has 4 rings (SSSR count). The number of hydrogen-bond acceptors (Lipinski definition) is 3. The van der Waals surface area contributed by atoms with Gasteiger partial charge >= 0.3 is 0 Å². The number of fused-ring (bicyclic) bond motifs is 1. The van der Waals surface area contributed by atoms with Crippen molar-refractivity contribution in [2.75, 3.05) is 26.2 Å². The van der Waals surface area contributed by atoms with E-state index >= 15 is 0 Å². The zero-order chi connectivity index (χ0) is 32.3. The first kappa shape index (κ1) is 36.4. The zero-order valence-corrected chi connectivity index (χ0v) is 28.7. The van der Waals surface area contributed by atoms with Gasteiger partial charge in [-0.2, -0.15) is 0 Å². The second-order valence-electron chi connectivity index (χ2n) is 12.6. The van der Waals surface area contributed by atoms with Gasteiger partial charge in [0.25, 0.3) is 0 Å². The standard InChI is InChI=1S/C28H40FNO.C13H19N/c1-3-7-23(8-4-2)9-6-20-31-28-16-13-25-10-5-18-30(22-26(25)21-28)19-17-24-11-14-27(29)15-12-24;1-4-9-14-11(3)13-8-6-7-12(5-2)10-13/h11-16,21,23H,3-10,17-20,22H2,1-2H3;6-8,10,14H,3-5,9H2,1-2H3. The molecule has 0 unspecified atom stereocenters. The third-order valence-electron chi connectivity index (χ3n) is 8.81. The highest BCUT2D eigenvalue weighted by molar-refractivity contribution is 5.62.